The van der Waals surface area contributed by atoms with E-state index in [0.717, 1.165) is 43.8 Å². The summed E-state index contributed by atoms with van der Waals surface area (Å²) in [6, 6.07) is 14.8. The number of carbonyl (C=O) groups is 1. The third kappa shape index (κ3) is 4.52. The molecule has 160 valence electrons. The van der Waals surface area contributed by atoms with Crippen molar-refractivity contribution >= 4 is 27.3 Å². The molecule has 1 saturated heterocycles. The van der Waals surface area contributed by atoms with E-state index in [9.17, 15) is 13.2 Å². The molecule has 8 nitrogen and oxygen atoms in total. The van der Waals surface area contributed by atoms with E-state index in [1.54, 1.807) is 24.3 Å². The van der Waals surface area contributed by atoms with Crippen LogP contribution in [-0.2, 0) is 26.1 Å². The van der Waals surface area contributed by atoms with Crippen LogP contribution in [0.25, 0.3) is 0 Å². The largest absolute Gasteiger partial charge is 0.476 e. The number of anilines is 2. The zero-order valence-corrected chi connectivity index (χ0v) is 17.6. The van der Waals surface area contributed by atoms with Gasteiger partial charge in [-0.15, -0.1) is 0 Å². The highest BCUT2D eigenvalue weighted by Gasteiger charge is 2.34. The van der Waals surface area contributed by atoms with Crippen molar-refractivity contribution in [1.29, 1.82) is 0 Å². The minimum atomic E-state index is -3.53. The molecule has 0 radical (unpaired) electrons. The summed E-state index contributed by atoms with van der Waals surface area (Å²) in [7, 11) is -3.53. The molecule has 2 aliphatic heterocycles. The van der Waals surface area contributed by atoms with Crippen molar-refractivity contribution in [1.82, 2.24) is 5.32 Å². The third-order valence-corrected chi connectivity index (χ3v) is 6.35. The molecular formula is C21H25N3O5S. The van der Waals surface area contributed by atoms with Crippen molar-refractivity contribution in [3.8, 4) is 5.75 Å². The van der Waals surface area contributed by atoms with Gasteiger partial charge >= 0.3 is 0 Å². The molecule has 0 aromatic heterocycles. The first-order chi connectivity index (χ1) is 14.4. The fourth-order valence-electron chi connectivity index (χ4n) is 3.60. The predicted molar refractivity (Wildman–Crippen MR) is 114 cm³/mol. The van der Waals surface area contributed by atoms with Crippen molar-refractivity contribution < 1.29 is 22.7 Å². The van der Waals surface area contributed by atoms with Crippen LogP contribution in [0, 0.1) is 0 Å². The number of carbonyl (C=O) groups excluding carboxylic acids is 1. The fraction of sp³-hybridized carbons (Fsp3) is 0.381. The summed E-state index contributed by atoms with van der Waals surface area (Å²) in [6.45, 7) is 3.47. The maximum Gasteiger partial charge on any atom is 0.263 e. The standard InChI is InChI=1S/C21H25N3O5S/c1-30(26,27)24-15-20(29-19-5-3-2-4-18(19)24)21(25)22-14-16-6-8-17(9-7-16)23-10-12-28-13-11-23/h2-9,20H,10-15H2,1H3,(H,22,25)/t20-/m1/s1. The van der Waals surface area contributed by atoms with E-state index >= 15 is 0 Å². The lowest BCUT2D eigenvalue weighted by molar-refractivity contribution is -0.127. The second-order valence-corrected chi connectivity index (χ2v) is 9.26. The van der Waals surface area contributed by atoms with Gasteiger partial charge in [-0.3, -0.25) is 9.10 Å². The second kappa shape index (κ2) is 8.53. The van der Waals surface area contributed by atoms with E-state index in [1.165, 1.54) is 4.31 Å². The Kier molecular flexibility index (Phi) is 5.83. The number of ether oxygens (including phenoxy) is 2. The highest BCUT2D eigenvalue weighted by molar-refractivity contribution is 7.92. The topological polar surface area (TPSA) is 88.2 Å². The van der Waals surface area contributed by atoms with E-state index in [-0.39, 0.29) is 12.5 Å². The van der Waals surface area contributed by atoms with Crippen molar-refractivity contribution in [2.75, 3.05) is 48.3 Å². The number of fused-ring (bicyclic) bond motifs is 1. The maximum absolute atomic E-state index is 12.7. The molecule has 0 spiro atoms. The molecule has 4 rings (SSSR count). The van der Waals surface area contributed by atoms with Gasteiger partial charge in [-0.25, -0.2) is 8.42 Å². The Hall–Kier alpha value is -2.78. The minimum absolute atomic E-state index is 0.0579. The Morgan fingerprint density at radius 3 is 2.50 bits per heavy atom. The molecular weight excluding hydrogens is 406 g/mol. The molecule has 1 fully saturated rings. The van der Waals surface area contributed by atoms with E-state index < -0.39 is 16.1 Å². The Balaban J connectivity index is 1.39. The smallest absolute Gasteiger partial charge is 0.263 e. The Morgan fingerprint density at radius 1 is 1.10 bits per heavy atom. The minimum Gasteiger partial charge on any atom is -0.476 e. The Morgan fingerprint density at radius 2 is 1.80 bits per heavy atom. The first-order valence-corrected chi connectivity index (χ1v) is 11.7. The molecule has 9 heteroatoms. The molecule has 1 N–H and O–H groups in total. The van der Waals surface area contributed by atoms with Crippen molar-refractivity contribution in [2.24, 2.45) is 0 Å². The Labute approximate surface area is 176 Å². The number of benzene rings is 2. The van der Waals surface area contributed by atoms with Crippen LogP contribution < -0.4 is 19.3 Å². The number of sulfonamides is 1. The van der Waals surface area contributed by atoms with Gasteiger partial charge in [0.15, 0.2) is 6.10 Å². The number of nitrogens with one attached hydrogen (secondary N) is 1. The van der Waals surface area contributed by atoms with E-state index in [4.69, 9.17) is 9.47 Å². The number of nitrogens with zero attached hydrogens (tertiary/aromatic N) is 2. The lowest BCUT2D eigenvalue weighted by Gasteiger charge is -2.33. The van der Waals surface area contributed by atoms with Crippen LogP contribution >= 0.6 is 0 Å². The molecule has 2 heterocycles. The molecule has 0 aliphatic carbocycles. The molecule has 1 amide bonds. The van der Waals surface area contributed by atoms with Gasteiger partial charge in [0, 0.05) is 25.3 Å². The Bertz CT molecular complexity index is 1000. The average Bonchev–Trinajstić information content (AvgIpc) is 2.77. The summed E-state index contributed by atoms with van der Waals surface area (Å²) in [5.41, 5.74) is 2.53. The van der Waals surface area contributed by atoms with Crippen LogP contribution in [0.5, 0.6) is 5.75 Å². The number of para-hydroxylation sites is 2. The van der Waals surface area contributed by atoms with Crippen molar-refractivity contribution in [3.63, 3.8) is 0 Å². The molecule has 2 aromatic rings. The zero-order valence-electron chi connectivity index (χ0n) is 16.8. The summed E-state index contributed by atoms with van der Waals surface area (Å²) in [6.07, 6.45) is 0.210. The number of hydrogen-bond donors (Lipinski definition) is 1. The number of morpholine rings is 1. The summed E-state index contributed by atoms with van der Waals surface area (Å²) < 4.78 is 36.7. The molecule has 2 aromatic carbocycles. The summed E-state index contributed by atoms with van der Waals surface area (Å²) in [5, 5.41) is 2.85. The zero-order chi connectivity index (χ0) is 21.1. The second-order valence-electron chi connectivity index (χ2n) is 7.35. The fourth-order valence-corrected chi connectivity index (χ4v) is 4.52. The van der Waals surface area contributed by atoms with E-state index in [1.807, 2.05) is 24.3 Å². The van der Waals surface area contributed by atoms with Crippen LogP contribution in [0.4, 0.5) is 11.4 Å². The normalized spacial score (nSPS) is 19.0. The lowest BCUT2D eigenvalue weighted by atomic mass is 10.1. The third-order valence-electron chi connectivity index (χ3n) is 5.21. The van der Waals surface area contributed by atoms with Gasteiger partial charge < -0.3 is 19.7 Å². The van der Waals surface area contributed by atoms with Gasteiger partial charge in [0.1, 0.15) is 5.75 Å². The van der Waals surface area contributed by atoms with Gasteiger partial charge in [0.05, 0.1) is 31.7 Å². The van der Waals surface area contributed by atoms with Gasteiger partial charge in [-0.05, 0) is 29.8 Å². The molecule has 30 heavy (non-hydrogen) atoms. The lowest BCUT2D eigenvalue weighted by Crippen LogP contribution is -2.50. The monoisotopic (exact) mass is 431 g/mol. The van der Waals surface area contributed by atoms with Crippen molar-refractivity contribution in [2.45, 2.75) is 12.6 Å². The first kappa shape index (κ1) is 20.5. The van der Waals surface area contributed by atoms with Crippen LogP contribution in [0.1, 0.15) is 5.56 Å². The van der Waals surface area contributed by atoms with Crippen molar-refractivity contribution in [3.05, 3.63) is 54.1 Å². The van der Waals surface area contributed by atoms with Gasteiger partial charge in [-0.1, -0.05) is 24.3 Å². The highest BCUT2D eigenvalue weighted by atomic mass is 32.2. The molecule has 2 aliphatic rings. The number of rotatable bonds is 5. The summed E-state index contributed by atoms with van der Waals surface area (Å²) >= 11 is 0. The van der Waals surface area contributed by atoms with Crippen LogP contribution in [0.3, 0.4) is 0 Å². The first-order valence-electron chi connectivity index (χ1n) is 9.84. The maximum atomic E-state index is 12.7. The van der Waals surface area contributed by atoms with Gasteiger partial charge in [-0.2, -0.15) is 0 Å². The van der Waals surface area contributed by atoms with Gasteiger partial charge in [0.2, 0.25) is 10.0 Å². The van der Waals surface area contributed by atoms with Crippen LogP contribution in [-0.4, -0.2) is 59.5 Å². The molecule has 0 bridgehead atoms. The SMILES string of the molecule is CS(=O)(=O)N1C[C@H](C(=O)NCc2ccc(N3CCOCC3)cc2)Oc2ccccc21. The average molecular weight is 432 g/mol. The van der Waals surface area contributed by atoms with E-state index in [0.29, 0.717) is 18.0 Å². The summed E-state index contributed by atoms with van der Waals surface area (Å²) in [4.78, 5) is 15.0. The highest BCUT2D eigenvalue weighted by Crippen LogP contribution is 2.34. The van der Waals surface area contributed by atoms with Crippen LogP contribution in [0.2, 0.25) is 0 Å². The van der Waals surface area contributed by atoms with Gasteiger partial charge in [0.25, 0.3) is 5.91 Å². The molecule has 0 saturated carbocycles. The number of amides is 1. The predicted octanol–water partition coefficient (Wildman–Crippen LogP) is 1.37. The quantitative estimate of drug-likeness (QED) is 0.769. The number of hydrogen-bond acceptors (Lipinski definition) is 6. The van der Waals surface area contributed by atoms with E-state index in [2.05, 4.69) is 10.2 Å². The molecule has 1 atom stereocenters. The van der Waals surface area contributed by atoms with Crippen LogP contribution in [0.15, 0.2) is 48.5 Å². The molecule has 0 unspecified atom stereocenters. The summed E-state index contributed by atoms with van der Waals surface area (Å²) in [5.74, 6) is 0.0274.